The standard InChI is InChI=1S/C22H29ClN2O5S/c1-3-28-21-9-8-20(17-22(21)29-4-2)31(26,27)25-12-10-24(11-13-25)14-15-30-19-7-5-6-18(23)16-19/h5-9,16-17H,3-4,10-15H2,1-2H3. The molecule has 170 valence electrons. The molecule has 0 N–H and O–H groups in total. The highest BCUT2D eigenvalue weighted by molar-refractivity contribution is 7.89. The number of nitrogens with zero attached hydrogens (tertiary/aromatic N) is 2. The Hall–Kier alpha value is -2.00. The molecule has 0 bridgehead atoms. The molecule has 1 aliphatic heterocycles. The third kappa shape index (κ3) is 6.26. The second-order valence-electron chi connectivity index (χ2n) is 7.03. The molecule has 1 fully saturated rings. The Morgan fingerprint density at radius 1 is 0.903 bits per heavy atom. The Bertz CT molecular complexity index is 962. The maximum absolute atomic E-state index is 13.1. The fraction of sp³-hybridized carbons (Fsp3) is 0.455. The predicted molar refractivity (Wildman–Crippen MR) is 121 cm³/mol. The van der Waals surface area contributed by atoms with Crippen LogP contribution in [0.25, 0.3) is 0 Å². The van der Waals surface area contributed by atoms with Crippen molar-refractivity contribution in [2.75, 3.05) is 52.5 Å². The van der Waals surface area contributed by atoms with Gasteiger partial charge in [-0.05, 0) is 44.2 Å². The van der Waals surface area contributed by atoms with Crippen molar-refractivity contribution in [3.63, 3.8) is 0 Å². The molecule has 0 aliphatic carbocycles. The predicted octanol–water partition coefficient (Wildman–Crippen LogP) is 3.52. The maximum Gasteiger partial charge on any atom is 0.243 e. The van der Waals surface area contributed by atoms with Crippen molar-refractivity contribution in [1.82, 2.24) is 9.21 Å². The van der Waals surface area contributed by atoms with Crippen LogP contribution in [0.15, 0.2) is 47.4 Å². The smallest absolute Gasteiger partial charge is 0.243 e. The average molecular weight is 469 g/mol. The van der Waals surface area contributed by atoms with E-state index in [9.17, 15) is 8.42 Å². The van der Waals surface area contributed by atoms with E-state index in [1.54, 1.807) is 30.3 Å². The molecule has 0 radical (unpaired) electrons. The summed E-state index contributed by atoms with van der Waals surface area (Å²) < 4.78 is 44.6. The molecular weight excluding hydrogens is 440 g/mol. The number of halogens is 1. The lowest BCUT2D eigenvalue weighted by Gasteiger charge is -2.33. The molecule has 1 heterocycles. The van der Waals surface area contributed by atoms with Gasteiger partial charge in [0.1, 0.15) is 12.4 Å². The Morgan fingerprint density at radius 3 is 2.29 bits per heavy atom. The quantitative estimate of drug-likeness (QED) is 0.531. The first-order valence-electron chi connectivity index (χ1n) is 10.4. The second kappa shape index (κ2) is 11.0. The van der Waals surface area contributed by atoms with Gasteiger partial charge in [0.15, 0.2) is 11.5 Å². The van der Waals surface area contributed by atoms with Crippen molar-refractivity contribution in [2.24, 2.45) is 0 Å². The molecule has 0 aromatic heterocycles. The van der Waals surface area contributed by atoms with E-state index in [2.05, 4.69) is 4.90 Å². The van der Waals surface area contributed by atoms with E-state index >= 15 is 0 Å². The number of rotatable bonds is 10. The average Bonchev–Trinajstić information content (AvgIpc) is 2.76. The third-order valence-corrected chi connectivity index (χ3v) is 7.09. The van der Waals surface area contributed by atoms with Crippen LogP contribution in [0.3, 0.4) is 0 Å². The topological polar surface area (TPSA) is 68.3 Å². The lowest BCUT2D eigenvalue weighted by atomic mass is 10.3. The molecule has 2 aromatic rings. The van der Waals surface area contributed by atoms with Crippen LogP contribution in [0.4, 0.5) is 0 Å². The maximum atomic E-state index is 13.1. The number of sulfonamides is 1. The van der Waals surface area contributed by atoms with Crippen molar-refractivity contribution in [3.05, 3.63) is 47.5 Å². The Balaban J connectivity index is 1.56. The summed E-state index contributed by atoms with van der Waals surface area (Å²) in [5.41, 5.74) is 0. The minimum Gasteiger partial charge on any atom is -0.492 e. The van der Waals surface area contributed by atoms with Gasteiger partial charge in [0.2, 0.25) is 10.0 Å². The zero-order valence-corrected chi connectivity index (χ0v) is 19.5. The molecule has 0 amide bonds. The molecule has 0 spiro atoms. The van der Waals surface area contributed by atoms with E-state index in [0.717, 1.165) is 12.3 Å². The summed E-state index contributed by atoms with van der Waals surface area (Å²) in [6, 6.07) is 12.1. The minimum absolute atomic E-state index is 0.220. The van der Waals surface area contributed by atoms with E-state index in [1.165, 1.54) is 4.31 Å². The first kappa shape index (κ1) is 23.7. The highest BCUT2D eigenvalue weighted by atomic mass is 35.5. The van der Waals surface area contributed by atoms with Gasteiger partial charge in [0.05, 0.1) is 18.1 Å². The highest BCUT2D eigenvalue weighted by Gasteiger charge is 2.29. The van der Waals surface area contributed by atoms with E-state index in [4.69, 9.17) is 25.8 Å². The van der Waals surface area contributed by atoms with E-state index in [-0.39, 0.29) is 4.90 Å². The Kier molecular flexibility index (Phi) is 8.43. The van der Waals surface area contributed by atoms with Gasteiger partial charge in [0.25, 0.3) is 0 Å². The summed E-state index contributed by atoms with van der Waals surface area (Å²) in [5.74, 6) is 1.73. The van der Waals surface area contributed by atoms with Gasteiger partial charge in [0, 0.05) is 43.8 Å². The Morgan fingerprint density at radius 2 is 1.61 bits per heavy atom. The van der Waals surface area contributed by atoms with Gasteiger partial charge < -0.3 is 14.2 Å². The minimum atomic E-state index is -3.60. The van der Waals surface area contributed by atoms with Gasteiger partial charge in [-0.1, -0.05) is 17.7 Å². The van der Waals surface area contributed by atoms with E-state index < -0.39 is 10.0 Å². The lowest BCUT2D eigenvalue weighted by molar-refractivity contribution is 0.159. The normalized spacial score (nSPS) is 15.6. The summed E-state index contributed by atoms with van der Waals surface area (Å²) >= 11 is 5.97. The lowest BCUT2D eigenvalue weighted by Crippen LogP contribution is -2.49. The van der Waals surface area contributed by atoms with Gasteiger partial charge in [-0.25, -0.2) is 8.42 Å². The highest BCUT2D eigenvalue weighted by Crippen LogP contribution is 2.31. The first-order valence-corrected chi connectivity index (χ1v) is 12.3. The fourth-order valence-corrected chi connectivity index (χ4v) is 5.00. The summed E-state index contributed by atoms with van der Waals surface area (Å²) in [6.07, 6.45) is 0. The number of ether oxygens (including phenoxy) is 3. The SMILES string of the molecule is CCOc1ccc(S(=O)(=O)N2CCN(CCOc3cccc(Cl)c3)CC2)cc1OCC. The third-order valence-electron chi connectivity index (χ3n) is 4.96. The van der Waals surface area contributed by atoms with E-state index in [1.807, 2.05) is 26.0 Å². The zero-order valence-electron chi connectivity index (χ0n) is 17.9. The number of hydrogen-bond donors (Lipinski definition) is 0. The van der Waals surface area contributed by atoms with Crippen molar-refractivity contribution in [1.29, 1.82) is 0 Å². The summed E-state index contributed by atoms with van der Waals surface area (Å²) in [7, 11) is -3.60. The molecule has 2 aromatic carbocycles. The van der Waals surface area contributed by atoms with Crippen molar-refractivity contribution in [3.8, 4) is 17.2 Å². The molecule has 31 heavy (non-hydrogen) atoms. The van der Waals surface area contributed by atoms with Crippen LogP contribution in [0.1, 0.15) is 13.8 Å². The van der Waals surface area contributed by atoms with Crippen LogP contribution in [-0.2, 0) is 10.0 Å². The molecular formula is C22H29ClN2O5S. The molecule has 9 heteroatoms. The Labute approximate surface area is 189 Å². The van der Waals surface area contributed by atoms with Gasteiger partial charge in [-0.15, -0.1) is 0 Å². The van der Waals surface area contributed by atoms with Crippen LogP contribution >= 0.6 is 11.6 Å². The van der Waals surface area contributed by atoms with Crippen LogP contribution in [0.2, 0.25) is 5.02 Å². The van der Waals surface area contributed by atoms with Crippen molar-refractivity contribution >= 4 is 21.6 Å². The molecule has 0 unspecified atom stereocenters. The molecule has 1 aliphatic rings. The fourth-order valence-electron chi connectivity index (χ4n) is 3.38. The summed E-state index contributed by atoms with van der Waals surface area (Å²) in [5, 5.41) is 0.637. The second-order valence-corrected chi connectivity index (χ2v) is 9.40. The molecule has 0 saturated carbocycles. The summed E-state index contributed by atoms with van der Waals surface area (Å²) in [4.78, 5) is 2.41. The summed E-state index contributed by atoms with van der Waals surface area (Å²) in [6.45, 7) is 8.02. The monoisotopic (exact) mass is 468 g/mol. The number of benzene rings is 2. The molecule has 0 atom stereocenters. The van der Waals surface area contributed by atoms with Crippen LogP contribution in [-0.4, -0.2) is 70.2 Å². The molecule has 3 rings (SSSR count). The molecule has 1 saturated heterocycles. The van der Waals surface area contributed by atoms with Crippen molar-refractivity contribution in [2.45, 2.75) is 18.7 Å². The largest absolute Gasteiger partial charge is 0.492 e. The van der Waals surface area contributed by atoms with Gasteiger partial charge in [-0.3, -0.25) is 4.90 Å². The van der Waals surface area contributed by atoms with Crippen LogP contribution in [0, 0.1) is 0 Å². The zero-order chi connectivity index (χ0) is 22.3. The number of hydrogen-bond acceptors (Lipinski definition) is 6. The van der Waals surface area contributed by atoms with Crippen LogP contribution in [0.5, 0.6) is 17.2 Å². The number of piperazine rings is 1. The van der Waals surface area contributed by atoms with Crippen molar-refractivity contribution < 1.29 is 22.6 Å². The molecule has 7 nitrogen and oxygen atoms in total. The first-order chi connectivity index (χ1) is 14.9. The van der Waals surface area contributed by atoms with Gasteiger partial charge >= 0.3 is 0 Å². The van der Waals surface area contributed by atoms with E-state index in [0.29, 0.717) is 62.5 Å². The van der Waals surface area contributed by atoms with Crippen LogP contribution < -0.4 is 14.2 Å². The van der Waals surface area contributed by atoms with Gasteiger partial charge in [-0.2, -0.15) is 4.31 Å².